The molecule has 2 aromatic rings. The molecule has 3 aliphatic rings. The van der Waals surface area contributed by atoms with Crippen LogP contribution in [0.25, 0.3) is 0 Å². The summed E-state index contributed by atoms with van der Waals surface area (Å²) < 4.78 is 5.53. The fraction of sp³-hybridized carbons (Fsp3) is 0.333. The first kappa shape index (κ1) is 24.4. The minimum atomic E-state index is -0.775. The number of nitro benzene ring substituents is 1. The molecule has 0 spiro atoms. The molecule has 3 atom stereocenters. The molecule has 37 heavy (non-hydrogen) atoms. The summed E-state index contributed by atoms with van der Waals surface area (Å²) in [7, 11) is 0. The summed E-state index contributed by atoms with van der Waals surface area (Å²) in [5.41, 5.74) is 2.13. The Balaban J connectivity index is 1.29. The van der Waals surface area contributed by atoms with Crippen molar-refractivity contribution >= 4 is 40.8 Å². The summed E-state index contributed by atoms with van der Waals surface area (Å²) in [5, 5.41) is 11.3. The Bertz CT molecular complexity index is 1380. The Morgan fingerprint density at radius 2 is 1.76 bits per heavy atom. The highest BCUT2D eigenvalue weighted by Crippen LogP contribution is 2.40. The third-order valence-electron chi connectivity index (χ3n) is 7.28. The standard InChI is InChI=1S/C27H25N3O7/c1-15-6-9-21-22(10-15)26(33)29(25(21)32)19-4-3-5-20(12-19)37-27(34)17-11-24(31)28(14-17)18-8-7-16(2)23(13-18)30(35)36/h3-8,12-13,17,21-22H,9-11,14H2,1-2H3/t17-,21-,22-/m0/s1. The van der Waals surface area contributed by atoms with Crippen LogP contribution in [-0.2, 0) is 19.2 Å². The van der Waals surface area contributed by atoms with Gasteiger partial charge in [0.25, 0.3) is 5.69 Å². The van der Waals surface area contributed by atoms with Gasteiger partial charge in [0.2, 0.25) is 17.7 Å². The second-order valence-electron chi connectivity index (χ2n) is 9.77. The van der Waals surface area contributed by atoms with Crippen molar-refractivity contribution in [1.82, 2.24) is 0 Å². The SMILES string of the molecule is CC1=CC[C@@H]2C(=O)N(c3cccc(OC(=O)[C@H]4CC(=O)N(c5ccc(C)c([N+](=O)[O-])c5)C4)c3)C(=O)[C@H]2C1. The summed E-state index contributed by atoms with van der Waals surface area (Å²) in [6.45, 7) is 3.58. The number of benzene rings is 2. The molecule has 190 valence electrons. The molecule has 2 saturated heterocycles. The van der Waals surface area contributed by atoms with Crippen molar-refractivity contribution < 1.29 is 28.8 Å². The van der Waals surface area contributed by atoms with Crippen LogP contribution in [0.15, 0.2) is 54.1 Å². The lowest BCUT2D eigenvalue weighted by Crippen LogP contribution is -2.31. The third kappa shape index (κ3) is 4.39. The predicted molar refractivity (Wildman–Crippen MR) is 133 cm³/mol. The first-order chi connectivity index (χ1) is 17.6. The van der Waals surface area contributed by atoms with Crippen molar-refractivity contribution in [2.75, 3.05) is 16.3 Å². The van der Waals surface area contributed by atoms with Gasteiger partial charge in [0, 0.05) is 30.7 Å². The number of esters is 1. The molecular formula is C27H25N3O7. The Hall–Kier alpha value is -4.34. The minimum Gasteiger partial charge on any atom is -0.426 e. The number of carbonyl (C=O) groups excluding carboxylic acids is 4. The van der Waals surface area contributed by atoms with Crippen LogP contribution in [-0.4, -0.2) is 35.2 Å². The molecule has 2 fully saturated rings. The van der Waals surface area contributed by atoms with E-state index in [1.165, 1.54) is 21.9 Å². The minimum absolute atomic E-state index is 0.0242. The first-order valence-corrected chi connectivity index (χ1v) is 12.0. The van der Waals surface area contributed by atoms with Gasteiger partial charge in [0.05, 0.1) is 34.1 Å². The second kappa shape index (κ2) is 9.27. The number of ether oxygens (including phenoxy) is 1. The van der Waals surface area contributed by atoms with E-state index in [2.05, 4.69) is 0 Å². The van der Waals surface area contributed by atoms with Crippen LogP contribution in [0.1, 0.15) is 31.7 Å². The van der Waals surface area contributed by atoms with Crippen molar-refractivity contribution in [3.05, 3.63) is 69.8 Å². The lowest BCUT2D eigenvalue weighted by molar-refractivity contribution is -0.385. The highest BCUT2D eigenvalue weighted by Gasteiger charge is 2.48. The fourth-order valence-electron chi connectivity index (χ4n) is 5.25. The maximum absolute atomic E-state index is 13.0. The highest BCUT2D eigenvalue weighted by atomic mass is 16.6. The Labute approximate surface area is 212 Å². The lowest BCUT2D eigenvalue weighted by Gasteiger charge is -2.18. The number of hydrogen-bond acceptors (Lipinski definition) is 7. The van der Waals surface area contributed by atoms with Gasteiger partial charge in [0.15, 0.2) is 0 Å². The topological polar surface area (TPSA) is 127 Å². The van der Waals surface area contributed by atoms with Crippen LogP contribution in [0.5, 0.6) is 5.75 Å². The molecule has 0 radical (unpaired) electrons. The van der Waals surface area contributed by atoms with Gasteiger partial charge in [0.1, 0.15) is 5.75 Å². The number of fused-ring (bicyclic) bond motifs is 1. The molecule has 0 aromatic heterocycles. The van der Waals surface area contributed by atoms with Gasteiger partial charge < -0.3 is 9.64 Å². The van der Waals surface area contributed by atoms with E-state index < -0.39 is 16.8 Å². The number of aryl methyl sites for hydroxylation is 1. The quantitative estimate of drug-likeness (QED) is 0.152. The molecule has 2 heterocycles. The third-order valence-corrected chi connectivity index (χ3v) is 7.28. The highest BCUT2D eigenvalue weighted by molar-refractivity contribution is 6.22. The molecular weight excluding hydrogens is 478 g/mol. The van der Waals surface area contributed by atoms with Crippen molar-refractivity contribution in [2.45, 2.75) is 33.1 Å². The van der Waals surface area contributed by atoms with Crippen molar-refractivity contribution in [3.8, 4) is 5.75 Å². The smallest absolute Gasteiger partial charge is 0.316 e. The molecule has 2 aromatic carbocycles. The molecule has 0 bridgehead atoms. The molecule has 3 amide bonds. The molecule has 2 aliphatic heterocycles. The summed E-state index contributed by atoms with van der Waals surface area (Å²) >= 11 is 0. The van der Waals surface area contributed by atoms with Gasteiger partial charge >= 0.3 is 5.97 Å². The van der Waals surface area contributed by atoms with Crippen LogP contribution < -0.4 is 14.5 Å². The van der Waals surface area contributed by atoms with Gasteiger partial charge in [-0.2, -0.15) is 0 Å². The van der Waals surface area contributed by atoms with E-state index >= 15 is 0 Å². The van der Waals surface area contributed by atoms with Gasteiger partial charge in [-0.1, -0.05) is 23.8 Å². The molecule has 5 rings (SSSR count). The summed E-state index contributed by atoms with van der Waals surface area (Å²) in [6.07, 6.45) is 2.98. The lowest BCUT2D eigenvalue weighted by atomic mass is 9.82. The predicted octanol–water partition coefficient (Wildman–Crippen LogP) is 3.71. The van der Waals surface area contributed by atoms with Crippen LogP contribution >= 0.6 is 0 Å². The monoisotopic (exact) mass is 503 g/mol. The normalized spacial score (nSPS) is 23.2. The number of imide groups is 1. The van der Waals surface area contributed by atoms with Crippen LogP contribution in [0.2, 0.25) is 0 Å². The molecule has 1 aliphatic carbocycles. The number of allylic oxidation sites excluding steroid dienone is 2. The number of amides is 3. The zero-order chi connectivity index (χ0) is 26.4. The van der Waals surface area contributed by atoms with E-state index in [0.717, 1.165) is 5.57 Å². The summed E-state index contributed by atoms with van der Waals surface area (Å²) in [5.74, 6) is -2.86. The van der Waals surface area contributed by atoms with E-state index in [1.807, 2.05) is 13.0 Å². The molecule has 0 N–H and O–H groups in total. The molecule has 10 heteroatoms. The van der Waals surface area contributed by atoms with E-state index in [9.17, 15) is 29.3 Å². The fourth-order valence-corrected chi connectivity index (χ4v) is 5.25. The van der Waals surface area contributed by atoms with Crippen LogP contribution in [0, 0.1) is 34.8 Å². The second-order valence-corrected chi connectivity index (χ2v) is 9.77. The number of carbonyl (C=O) groups is 4. The number of nitrogens with zero attached hydrogens (tertiary/aromatic N) is 3. The van der Waals surface area contributed by atoms with Gasteiger partial charge in [-0.05, 0) is 44.9 Å². The van der Waals surface area contributed by atoms with Crippen LogP contribution in [0.4, 0.5) is 17.1 Å². The van der Waals surface area contributed by atoms with E-state index in [-0.39, 0.29) is 54.0 Å². The zero-order valence-electron chi connectivity index (χ0n) is 20.4. The number of hydrogen-bond donors (Lipinski definition) is 0. The van der Waals surface area contributed by atoms with E-state index in [0.29, 0.717) is 29.8 Å². The summed E-state index contributed by atoms with van der Waals surface area (Å²) in [4.78, 5) is 64.8. The Kier molecular flexibility index (Phi) is 6.10. The Morgan fingerprint density at radius 1 is 1.00 bits per heavy atom. The largest absolute Gasteiger partial charge is 0.426 e. The van der Waals surface area contributed by atoms with Gasteiger partial charge in [-0.25, -0.2) is 4.90 Å². The van der Waals surface area contributed by atoms with Gasteiger partial charge in [-0.3, -0.25) is 29.3 Å². The first-order valence-electron chi connectivity index (χ1n) is 12.0. The van der Waals surface area contributed by atoms with E-state index in [4.69, 9.17) is 4.74 Å². The van der Waals surface area contributed by atoms with Crippen LogP contribution in [0.3, 0.4) is 0 Å². The number of rotatable bonds is 5. The van der Waals surface area contributed by atoms with Gasteiger partial charge in [-0.15, -0.1) is 0 Å². The van der Waals surface area contributed by atoms with E-state index in [1.54, 1.807) is 37.3 Å². The molecule has 10 nitrogen and oxygen atoms in total. The van der Waals surface area contributed by atoms with Crippen molar-refractivity contribution in [1.29, 1.82) is 0 Å². The Morgan fingerprint density at radius 3 is 2.51 bits per heavy atom. The average Bonchev–Trinajstić information content (AvgIpc) is 3.36. The average molecular weight is 504 g/mol. The van der Waals surface area contributed by atoms with Crippen molar-refractivity contribution in [2.24, 2.45) is 17.8 Å². The van der Waals surface area contributed by atoms with Crippen molar-refractivity contribution in [3.63, 3.8) is 0 Å². The number of nitro groups is 1. The molecule has 0 unspecified atom stereocenters. The number of anilines is 2. The molecule has 0 saturated carbocycles. The maximum Gasteiger partial charge on any atom is 0.316 e. The zero-order valence-corrected chi connectivity index (χ0v) is 20.4. The maximum atomic E-state index is 13.0. The summed E-state index contributed by atoms with van der Waals surface area (Å²) in [6, 6.07) is 10.7.